The van der Waals surface area contributed by atoms with Crippen LogP contribution >= 0.6 is 0 Å². The Balaban J connectivity index is 1.87. The third-order valence-corrected chi connectivity index (χ3v) is 3.19. The van der Waals surface area contributed by atoms with Crippen LogP contribution in [0, 0.1) is 5.92 Å². The van der Waals surface area contributed by atoms with Crippen molar-refractivity contribution in [2.45, 2.75) is 18.9 Å². The molecule has 0 radical (unpaired) electrons. The second kappa shape index (κ2) is 6.52. The van der Waals surface area contributed by atoms with Crippen molar-refractivity contribution in [3.63, 3.8) is 0 Å². The lowest BCUT2D eigenvalue weighted by Crippen LogP contribution is -2.42. The molecule has 0 aliphatic carbocycles. The number of hydrogen-bond donors (Lipinski definition) is 2. The summed E-state index contributed by atoms with van der Waals surface area (Å²) in [6, 6.07) is 9.63. The first-order chi connectivity index (χ1) is 8.79. The van der Waals surface area contributed by atoms with Gasteiger partial charge in [-0.15, -0.1) is 0 Å². The van der Waals surface area contributed by atoms with Crippen molar-refractivity contribution >= 4 is 5.91 Å². The minimum atomic E-state index is -0.222. The van der Waals surface area contributed by atoms with Gasteiger partial charge in [0.2, 0.25) is 5.91 Å². The Morgan fingerprint density at radius 3 is 2.83 bits per heavy atom. The number of nitrogens with one attached hydrogen (secondary N) is 1. The topological polar surface area (TPSA) is 58.6 Å². The molecule has 4 nitrogen and oxygen atoms in total. The van der Waals surface area contributed by atoms with Crippen LogP contribution in [0.4, 0.5) is 0 Å². The molecule has 18 heavy (non-hydrogen) atoms. The predicted molar refractivity (Wildman–Crippen MR) is 68.1 cm³/mol. The minimum Gasteiger partial charge on any atom is -0.394 e. The SMILES string of the molecule is O=C(N[C@@H](CO)Cc1ccccc1)C1CCOC1. The van der Waals surface area contributed by atoms with E-state index in [0.717, 1.165) is 12.0 Å². The molecular formula is C14H19NO3. The summed E-state index contributed by atoms with van der Waals surface area (Å²) in [5, 5.41) is 12.2. The largest absolute Gasteiger partial charge is 0.394 e. The lowest BCUT2D eigenvalue weighted by Gasteiger charge is -2.18. The standard InChI is InChI=1S/C14H19NO3/c16-9-13(8-11-4-2-1-3-5-11)15-14(17)12-6-7-18-10-12/h1-5,12-13,16H,6-10H2,(H,15,17)/t12?,13-/m1/s1. The van der Waals surface area contributed by atoms with E-state index in [1.165, 1.54) is 0 Å². The van der Waals surface area contributed by atoms with E-state index in [9.17, 15) is 9.90 Å². The number of amides is 1. The normalized spacial score (nSPS) is 20.6. The first kappa shape index (κ1) is 13.1. The number of ether oxygens (including phenoxy) is 1. The molecule has 1 aliphatic heterocycles. The number of hydrogen-bond acceptors (Lipinski definition) is 3. The molecule has 2 rings (SSSR count). The van der Waals surface area contributed by atoms with Crippen LogP contribution < -0.4 is 5.32 Å². The van der Waals surface area contributed by atoms with Crippen LogP contribution in [0.15, 0.2) is 30.3 Å². The molecule has 1 unspecified atom stereocenters. The molecule has 2 N–H and O–H groups in total. The van der Waals surface area contributed by atoms with E-state index in [-0.39, 0.29) is 24.5 Å². The maximum absolute atomic E-state index is 11.9. The highest BCUT2D eigenvalue weighted by Crippen LogP contribution is 2.13. The zero-order valence-electron chi connectivity index (χ0n) is 10.3. The van der Waals surface area contributed by atoms with Gasteiger partial charge < -0.3 is 15.2 Å². The van der Waals surface area contributed by atoms with E-state index in [2.05, 4.69) is 5.32 Å². The molecule has 1 fully saturated rings. The fourth-order valence-electron chi connectivity index (χ4n) is 2.12. The summed E-state index contributed by atoms with van der Waals surface area (Å²) in [4.78, 5) is 11.9. The molecule has 2 atom stereocenters. The summed E-state index contributed by atoms with van der Waals surface area (Å²) in [6.07, 6.45) is 1.42. The zero-order chi connectivity index (χ0) is 12.8. The second-order valence-electron chi connectivity index (χ2n) is 4.64. The quantitative estimate of drug-likeness (QED) is 0.809. The molecule has 1 heterocycles. The van der Waals surface area contributed by atoms with Gasteiger partial charge in [0.05, 0.1) is 25.2 Å². The Labute approximate surface area is 107 Å². The molecule has 0 aromatic heterocycles. The molecule has 1 amide bonds. The van der Waals surface area contributed by atoms with Crippen molar-refractivity contribution < 1.29 is 14.6 Å². The van der Waals surface area contributed by atoms with Crippen LogP contribution in [0.2, 0.25) is 0 Å². The summed E-state index contributed by atoms with van der Waals surface area (Å²) in [5.41, 5.74) is 1.11. The molecular weight excluding hydrogens is 230 g/mol. The first-order valence-corrected chi connectivity index (χ1v) is 6.32. The third-order valence-electron chi connectivity index (χ3n) is 3.19. The average molecular weight is 249 g/mol. The number of aliphatic hydroxyl groups excluding tert-OH is 1. The average Bonchev–Trinajstić information content (AvgIpc) is 2.93. The van der Waals surface area contributed by atoms with Crippen LogP contribution in [0.1, 0.15) is 12.0 Å². The molecule has 0 saturated carbocycles. The van der Waals surface area contributed by atoms with Gasteiger partial charge in [0.25, 0.3) is 0 Å². The summed E-state index contributed by atoms with van der Waals surface area (Å²) in [5.74, 6) is -0.0719. The van der Waals surface area contributed by atoms with Crippen LogP contribution in [0.5, 0.6) is 0 Å². The third kappa shape index (κ3) is 3.55. The fourth-order valence-corrected chi connectivity index (χ4v) is 2.12. The number of benzene rings is 1. The van der Waals surface area contributed by atoms with Crippen LogP contribution in [-0.2, 0) is 16.0 Å². The number of aliphatic hydroxyl groups is 1. The first-order valence-electron chi connectivity index (χ1n) is 6.32. The van der Waals surface area contributed by atoms with Gasteiger partial charge in [0.15, 0.2) is 0 Å². The molecule has 0 spiro atoms. The van der Waals surface area contributed by atoms with Gasteiger partial charge >= 0.3 is 0 Å². The van der Waals surface area contributed by atoms with Gasteiger partial charge in [-0.2, -0.15) is 0 Å². The highest BCUT2D eigenvalue weighted by Gasteiger charge is 2.25. The second-order valence-corrected chi connectivity index (χ2v) is 4.64. The summed E-state index contributed by atoms with van der Waals surface area (Å²) < 4.78 is 5.19. The van der Waals surface area contributed by atoms with Crippen molar-refractivity contribution in [2.24, 2.45) is 5.92 Å². The van der Waals surface area contributed by atoms with E-state index >= 15 is 0 Å². The Kier molecular flexibility index (Phi) is 4.73. The lowest BCUT2D eigenvalue weighted by molar-refractivity contribution is -0.126. The summed E-state index contributed by atoms with van der Waals surface area (Å²) in [6.45, 7) is 1.10. The van der Waals surface area contributed by atoms with E-state index in [1.54, 1.807) is 0 Å². The molecule has 1 aliphatic rings. The molecule has 1 aromatic carbocycles. The monoisotopic (exact) mass is 249 g/mol. The summed E-state index contributed by atoms with van der Waals surface area (Å²) >= 11 is 0. The van der Waals surface area contributed by atoms with E-state index < -0.39 is 0 Å². The maximum Gasteiger partial charge on any atom is 0.225 e. The van der Waals surface area contributed by atoms with E-state index in [0.29, 0.717) is 19.6 Å². The Hall–Kier alpha value is -1.39. The van der Waals surface area contributed by atoms with Crippen molar-refractivity contribution in [1.82, 2.24) is 5.32 Å². The van der Waals surface area contributed by atoms with Crippen LogP contribution in [0.3, 0.4) is 0 Å². The van der Waals surface area contributed by atoms with Crippen molar-refractivity contribution in [2.75, 3.05) is 19.8 Å². The Morgan fingerprint density at radius 2 is 2.22 bits per heavy atom. The predicted octanol–water partition coefficient (Wildman–Crippen LogP) is 0.743. The van der Waals surface area contributed by atoms with E-state index in [4.69, 9.17) is 4.74 Å². The molecule has 1 saturated heterocycles. The van der Waals surface area contributed by atoms with Gasteiger partial charge in [-0.1, -0.05) is 30.3 Å². The maximum atomic E-state index is 11.9. The van der Waals surface area contributed by atoms with Gasteiger partial charge in [-0.3, -0.25) is 4.79 Å². The highest BCUT2D eigenvalue weighted by molar-refractivity contribution is 5.79. The molecule has 0 bridgehead atoms. The van der Waals surface area contributed by atoms with Crippen molar-refractivity contribution in [3.8, 4) is 0 Å². The van der Waals surface area contributed by atoms with Crippen molar-refractivity contribution in [1.29, 1.82) is 0 Å². The molecule has 4 heteroatoms. The minimum absolute atomic E-state index is 0.0116. The van der Waals surface area contributed by atoms with Crippen LogP contribution in [0.25, 0.3) is 0 Å². The smallest absolute Gasteiger partial charge is 0.225 e. The number of carbonyl (C=O) groups excluding carboxylic acids is 1. The van der Waals surface area contributed by atoms with Gasteiger partial charge in [-0.05, 0) is 18.4 Å². The lowest BCUT2D eigenvalue weighted by atomic mass is 10.0. The number of rotatable bonds is 5. The Bertz CT molecular complexity index is 374. The Morgan fingerprint density at radius 1 is 1.44 bits per heavy atom. The fraction of sp³-hybridized carbons (Fsp3) is 0.500. The highest BCUT2D eigenvalue weighted by atomic mass is 16.5. The van der Waals surface area contributed by atoms with Crippen molar-refractivity contribution in [3.05, 3.63) is 35.9 Å². The van der Waals surface area contributed by atoms with Gasteiger partial charge in [0.1, 0.15) is 0 Å². The molecule has 1 aromatic rings. The number of carbonyl (C=O) groups is 1. The summed E-state index contributed by atoms with van der Waals surface area (Å²) in [7, 11) is 0. The molecule has 98 valence electrons. The van der Waals surface area contributed by atoms with Gasteiger partial charge in [0, 0.05) is 6.61 Å². The zero-order valence-corrected chi connectivity index (χ0v) is 10.3. The van der Waals surface area contributed by atoms with Gasteiger partial charge in [-0.25, -0.2) is 0 Å². The van der Waals surface area contributed by atoms with Crippen LogP contribution in [-0.4, -0.2) is 36.9 Å². The van der Waals surface area contributed by atoms with E-state index in [1.807, 2.05) is 30.3 Å².